The monoisotopic (exact) mass is 264 g/mol. The van der Waals surface area contributed by atoms with Crippen molar-refractivity contribution >= 4 is 23.0 Å². The fourth-order valence-electron chi connectivity index (χ4n) is 1.57. The lowest BCUT2D eigenvalue weighted by Crippen LogP contribution is -2.09. The summed E-state index contributed by atoms with van der Waals surface area (Å²) in [6, 6.07) is 3.85. The van der Waals surface area contributed by atoms with Gasteiger partial charge in [-0.05, 0) is 28.8 Å². The molecule has 6 heteroatoms. The summed E-state index contributed by atoms with van der Waals surface area (Å²) in [6.45, 7) is 1.18. The first-order valence-corrected chi connectivity index (χ1v) is 6.59. The van der Waals surface area contributed by atoms with Crippen LogP contribution in [0.3, 0.4) is 0 Å². The summed E-state index contributed by atoms with van der Waals surface area (Å²) in [7, 11) is 1.61. The number of anilines is 2. The first-order chi connectivity index (χ1) is 8.78. The predicted octanol–water partition coefficient (Wildman–Crippen LogP) is 1.92. The first kappa shape index (κ1) is 12.8. The largest absolute Gasteiger partial charge is 0.384 e. The molecule has 5 nitrogen and oxygen atoms in total. The minimum atomic E-state index is 0.365. The molecule has 2 aromatic rings. The van der Waals surface area contributed by atoms with Gasteiger partial charge in [-0.25, -0.2) is 9.97 Å². The summed E-state index contributed by atoms with van der Waals surface area (Å²) >= 11 is 1.71. The van der Waals surface area contributed by atoms with Gasteiger partial charge in [-0.2, -0.15) is 11.3 Å². The molecule has 2 rings (SSSR count). The van der Waals surface area contributed by atoms with E-state index in [0.29, 0.717) is 18.2 Å². The quantitative estimate of drug-likeness (QED) is 0.834. The molecule has 2 heterocycles. The third-order valence-electron chi connectivity index (χ3n) is 2.37. The molecule has 3 N–H and O–H groups in total. The number of nitrogen functional groups attached to an aromatic ring is 1. The van der Waals surface area contributed by atoms with Gasteiger partial charge in [0.15, 0.2) is 5.82 Å². The number of rotatable bonds is 6. The third kappa shape index (κ3) is 3.68. The molecule has 0 aliphatic carbocycles. The van der Waals surface area contributed by atoms with Crippen molar-refractivity contribution in [2.45, 2.75) is 13.0 Å². The van der Waals surface area contributed by atoms with Crippen LogP contribution in [0.1, 0.15) is 11.4 Å². The Kier molecular flexibility index (Phi) is 4.49. The van der Waals surface area contributed by atoms with Gasteiger partial charge in [0.2, 0.25) is 0 Å². The van der Waals surface area contributed by atoms with Crippen molar-refractivity contribution in [3.8, 4) is 0 Å². The highest BCUT2D eigenvalue weighted by Crippen LogP contribution is 2.10. The second-order valence-corrected chi connectivity index (χ2v) is 4.62. The van der Waals surface area contributed by atoms with Crippen LogP contribution in [0.2, 0.25) is 0 Å². The molecule has 2 aromatic heterocycles. The zero-order chi connectivity index (χ0) is 12.8. The maximum Gasteiger partial charge on any atom is 0.158 e. The SMILES string of the molecule is COCc1nc(N)cc(NCCc2ccsc2)n1. The number of nitrogens with two attached hydrogens (primary N) is 1. The minimum Gasteiger partial charge on any atom is -0.384 e. The number of ether oxygens (including phenoxy) is 1. The Morgan fingerprint density at radius 2 is 2.33 bits per heavy atom. The zero-order valence-corrected chi connectivity index (χ0v) is 11.0. The zero-order valence-electron chi connectivity index (χ0n) is 10.2. The summed E-state index contributed by atoms with van der Waals surface area (Å²) in [5.41, 5.74) is 7.04. The second-order valence-electron chi connectivity index (χ2n) is 3.84. The van der Waals surface area contributed by atoms with Crippen molar-refractivity contribution < 1.29 is 4.74 Å². The maximum atomic E-state index is 5.71. The summed E-state index contributed by atoms with van der Waals surface area (Å²) < 4.78 is 4.99. The molecule has 0 aliphatic rings. The number of nitrogens with one attached hydrogen (secondary N) is 1. The number of hydrogen-bond acceptors (Lipinski definition) is 6. The first-order valence-electron chi connectivity index (χ1n) is 5.65. The van der Waals surface area contributed by atoms with E-state index in [9.17, 15) is 0 Å². The van der Waals surface area contributed by atoms with E-state index >= 15 is 0 Å². The molecule has 0 unspecified atom stereocenters. The van der Waals surface area contributed by atoms with Crippen molar-refractivity contribution in [1.82, 2.24) is 9.97 Å². The van der Waals surface area contributed by atoms with Gasteiger partial charge in [-0.3, -0.25) is 0 Å². The van der Waals surface area contributed by atoms with Gasteiger partial charge < -0.3 is 15.8 Å². The molecular weight excluding hydrogens is 248 g/mol. The summed E-state index contributed by atoms with van der Waals surface area (Å²) in [6.07, 6.45) is 0.965. The molecular formula is C12H16N4OS. The van der Waals surface area contributed by atoms with Crippen LogP contribution in [0.5, 0.6) is 0 Å². The predicted molar refractivity (Wildman–Crippen MR) is 73.7 cm³/mol. The number of methoxy groups -OCH3 is 1. The van der Waals surface area contributed by atoms with E-state index in [1.807, 2.05) is 0 Å². The van der Waals surface area contributed by atoms with E-state index in [-0.39, 0.29) is 0 Å². The molecule has 0 saturated heterocycles. The van der Waals surface area contributed by atoms with Crippen molar-refractivity contribution in [3.05, 3.63) is 34.3 Å². The summed E-state index contributed by atoms with van der Waals surface area (Å²) in [4.78, 5) is 8.40. The van der Waals surface area contributed by atoms with E-state index in [0.717, 1.165) is 18.8 Å². The lowest BCUT2D eigenvalue weighted by atomic mass is 10.2. The van der Waals surface area contributed by atoms with Crippen LogP contribution in [0.4, 0.5) is 11.6 Å². The van der Waals surface area contributed by atoms with Crippen LogP contribution in [-0.4, -0.2) is 23.6 Å². The Hall–Kier alpha value is -1.66. The van der Waals surface area contributed by atoms with Crippen LogP contribution in [0.25, 0.3) is 0 Å². The Morgan fingerprint density at radius 3 is 3.06 bits per heavy atom. The lowest BCUT2D eigenvalue weighted by Gasteiger charge is -2.07. The normalized spacial score (nSPS) is 10.5. The van der Waals surface area contributed by atoms with Gasteiger partial charge in [0.1, 0.15) is 18.2 Å². The molecule has 0 fully saturated rings. The van der Waals surface area contributed by atoms with E-state index in [1.165, 1.54) is 5.56 Å². The maximum absolute atomic E-state index is 5.71. The Labute approximate surface area is 110 Å². The Balaban J connectivity index is 1.92. The highest BCUT2D eigenvalue weighted by atomic mass is 32.1. The summed E-state index contributed by atoms with van der Waals surface area (Å²) in [5.74, 6) is 1.79. The number of hydrogen-bond donors (Lipinski definition) is 2. The third-order valence-corrected chi connectivity index (χ3v) is 3.10. The molecule has 0 bridgehead atoms. The van der Waals surface area contributed by atoms with Crippen LogP contribution in [0, 0.1) is 0 Å². The van der Waals surface area contributed by atoms with Gasteiger partial charge in [0, 0.05) is 19.7 Å². The number of nitrogens with zero attached hydrogens (tertiary/aromatic N) is 2. The van der Waals surface area contributed by atoms with Crippen LogP contribution < -0.4 is 11.1 Å². The van der Waals surface area contributed by atoms with Gasteiger partial charge >= 0.3 is 0 Å². The Bertz CT molecular complexity index is 487. The van der Waals surface area contributed by atoms with E-state index in [4.69, 9.17) is 10.5 Å². The van der Waals surface area contributed by atoms with Crippen molar-refractivity contribution in [1.29, 1.82) is 0 Å². The van der Waals surface area contributed by atoms with Crippen LogP contribution in [-0.2, 0) is 17.8 Å². The standard InChI is InChI=1S/C12H16N4OS/c1-17-7-12-15-10(13)6-11(16-12)14-4-2-9-3-5-18-8-9/h3,5-6,8H,2,4,7H2,1H3,(H3,13,14,15,16). The fourth-order valence-corrected chi connectivity index (χ4v) is 2.27. The molecule has 0 aliphatic heterocycles. The molecule has 96 valence electrons. The van der Waals surface area contributed by atoms with E-state index in [2.05, 4.69) is 32.1 Å². The molecule has 0 saturated carbocycles. The van der Waals surface area contributed by atoms with E-state index in [1.54, 1.807) is 24.5 Å². The van der Waals surface area contributed by atoms with Crippen molar-refractivity contribution in [2.75, 3.05) is 24.7 Å². The van der Waals surface area contributed by atoms with Crippen molar-refractivity contribution in [2.24, 2.45) is 0 Å². The average molecular weight is 264 g/mol. The topological polar surface area (TPSA) is 73.1 Å². The van der Waals surface area contributed by atoms with Crippen molar-refractivity contribution in [3.63, 3.8) is 0 Å². The number of thiophene rings is 1. The van der Waals surface area contributed by atoms with Crippen LogP contribution in [0.15, 0.2) is 22.9 Å². The highest BCUT2D eigenvalue weighted by Gasteiger charge is 2.02. The molecule has 0 amide bonds. The highest BCUT2D eigenvalue weighted by molar-refractivity contribution is 7.07. The Morgan fingerprint density at radius 1 is 1.44 bits per heavy atom. The van der Waals surface area contributed by atoms with Crippen LogP contribution >= 0.6 is 11.3 Å². The molecule has 0 radical (unpaired) electrons. The lowest BCUT2D eigenvalue weighted by molar-refractivity contribution is 0.178. The molecule has 0 aromatic carbocycles. The van der Waals surface area contributed by atoms with Gasteiger partial charge in [0.05, 0.1) is 0 Å². The molecule has 0 spiro atoms. The van der Waals surface area contributed by atoms with Gasteiger partial charge in [-0.1, -0.05) is 0 Å². The minimum absolute atomic E-state index is 0.365. The second kappa shape index (κ2) is 6.32. The fraction of sp³-hybridized carbons (Fsp3) is 0.333. The van der Waals surface area contributed by atoms with Gasteiger partial charge in [-0.15, -0.1) is 0 Å². The smallest absolute Gasteiger partial charge is 0.158 e. The number of aromatic nitrogens is 2. The van der Waals surface area contributed by atoms with Gasteiger partial charge in [0.25, 0.3) is 0 Å². The molecule has 0 atom stereocenters. The average Bonchev–Trinajstić information content (AvgIpc) is 2.82. The molecule has 18 heavy (non-hydrogen) atoms. The van der Waals surface area contributed by atoms with E-state index < -0.39 is 0 Å². The summed E-state index contributed by atoms with van der Waals surface area (Å²) in [5, 5.41) is 7.46.